The number of hydrogen-bond acceptors (Lipinski definition) is 8. The third-order valence-corrected chi connectivity index (χ3v) is 4.30. The molecule has 1 unspecified atom stereocenters. The van der Waals surface area contributed by atoms with Crippen molar-refractivity contribution in [3.05, 3.63) is 40.3 Å². The minimum Gasteiger partial charge on any atom is -0.491 e. The predicted molar refractivity (Wildman–Crippen MR) is 108 cm³/mol. The summed E-state index contributed by atoms with van der Waals surface area (Å²) >= 11 is 0. The first-order chi connectivity index (χ1) is 14.4. The quantitative estimate of drug-likeness (QED) is 0.352. The van der Waals surface area contributed by atoms with Gasteiger partial charge < -0.3 is 30.4 Å². The van der Waals surface area contributed by atoms with Gasteiger partial charge in [-0.3, -0.25) is 4.57 Å². The lowest BCUT2D eigenvalue weighted by Gasteiger charge is -2.13. The van der Waals surface area contributed by atoms with Crippen LogP contribution in [0.3, 0.4) is 0 Å². The van der Waals surface area contributed by atoms with E-state index in [9.17, 15) is 14.7 Å². The summed E-state index contributed by atoms with van der Waals surface area (Å²) in [5.41, 5.74) is 6.02. The number of nitrogens with zero attached hydrogens (tertiary/aromatic N) is 3. The second-order valence-corrected chi connectivity index (χ2v) is 6.63. The number of anilines is 1. The number of imidazole rings is 1. The topological polar surface area (TPSA) is 166 Å². The van der Waals surface area contributed by atoms with Crippen molar-refractivity contribution in [2.75, 3.05) is 18.9 Å². The fourth-order valence-corrected chi connectivity index (χ4v) is 2.72. The van der Waals surface area contributed by atoms with Crippen LogP contribution in [0.1, 0.15) is 30.1 Å². The van der Waals surface area contributed by atoms with E-state index in [-0.39, 0.29) is 41.7 Å². The maximum absolute atomic E-state index is 12.3. The summed E-state index contributed by atoms with van der Waals surface area (Å²) in [5.74, 6) is -0.574. The summed E-state index contributed by atoms with van der Waals surface area (Å²) < 4.78 is 12.2. The summed E-state index contributed by atoms with van der Waals surface area (Å²) in [6.45, 7) is 2.23. The van der Waals surface area contributed by atoms with E-state index in [1.807, 2.05) is 6.92 Å². The minimum absolute atomic E-state index is 0.0606. The van der Waals surface area contributed by atoms with Gasteiger partial charge in [-0.05, 0) is 30.7 Å². The number of rotatable bonds is 10. The maximum atomic E-state index is 12.3. The van der Waals surface area contributed by atoms with Crippen LogP contribution in [-0.4, -0.2) is 55.0 Å². The number of aliphatic hydroxyl groups excluding tert-OH is 1. The van der Waals surface area contributed by atoms with Crippen LogP contribution in [0, 0.1) is 0 Å². The highest BCUT2D eigenvalue weighted by Gasteiger charge is 2.17. The van der Waals surface area contributed by atoms with Crippen LogP contribution in [0.5, 0.6) is 11.8 Å². The van der Waals surface area contributed by atoms with Gasteiger partial charge in [0, 0.05) is 0 Å². The first-order valence-corrected chi connectivity index (χ1v) is 9.42. The number of carbonyl (C=O) groups is 1. The molecule has 0 saturated carbocycles. The Labute approximate surface area is 171 Å². The Bertz CT molecular complexity index is 1080. The van der Waals surface area contributed by atoms with Crippen molar-refractivity contribution in [1.29, 1.82) is 0 Å². The molecule has 11 heteroatoms. The standard InChI is InChI=1S/C19H23N5O6/c1-2-3-8-29-18-22-15(20)14-16(23-18)24(19(28)21-14)9-12(25)10-30-13-6-4-11(5-7-13)17(26)27/h4-7,12,25H,2-3,8-10H2,1H3,(H,21,28)(H,26,27)(H2,20,22,23). The number of nitrogens with one attached hydrogen (secondary N) is 1. The van der Waals surface area contributed by atoms with Gasteiger partial charge in [0.15, 0.2) is 11.5 Å². The van der Waals surface area contributed by atoms with Gasteiger partial charge in [0.1, 0.15) is 24.0 Å². The third kappa shape index (κ3) is 4.87. The monoisotopic (exact) mass is 417 g/mol. The Morgan fingerprint density at radius 2 is 2.00 bits per heavy atom. The summed E-state index contributed by atoms with van der Waals surface area (Å²) in [7, 11) is 0. The molecule has 11 nitrogen and oxygen atoms in total. The molecule has 0 bridgehead atoms. The van der Waals surface area contributed by atoms with Crippen LogP contribution >= 0.6 is 0 Å². The van der Waals surface area contributed by atoms with Gasteiger partial charge in [-0.15, -0.1) is 0 Å². The van der Waals surface area contributed by atoms with Crippen molar-refractivity contribution >= 4 is 23.0 Å². The van der Waals surface area contributed by atoms with Crippen molar-refractivity contribution in [3.8, 4) is 11.8 Å². The molecule has 0 fully saturated rings. The molecule has 3 rings (SSSR count). The van der Waals surface area contributed by atoms with Crippen LogP contribution in [-0.2, 0) is 6.54 Å². The molecular weight excluding hydrogens is 394 g/mol. The summed E-state index contributed by atoms with van der Waals surface area (Å²) in [6, 6.07) is 5.83. The van der Waals surface area contributed by atoms with E-state index in [0.717, 1.165) is 12.8 Å². The van der Waals surface area contributed by atoms with Crippen molar-refractivity contribution in [3.63, 3.8) is 0 Å². The van der Waals surface area contributed by atoms with E-state index in [1.165, 1.54) is 28.8 Å². The van der Waals surface area contributed by atoms with Gasteiger partial charge in [0.2, 0.25) is 0 Å². The molecule has 2 heterocycles. The molecule has 5 N–H and O–H groups in total. The third-order valence-electron chi connectivity index (χ3n) is 4.30. The molecule has 1 atom stereocenters. The molecule has 0 aliphatic rings. The number of aromatic amines is 1. The molecule has 0 spiro atoms. The van der Waals surface area contributed by atoms with Gasteiger partial charge in [-0.1, -0.05) is 13.3 Å². The predicted octanol–water partition coefficient (Wildman–Crippen LogP) is 1.02. The lowest BCUT2D eigenvalue weighted by Crippen LogP contribution is -2.29. The van der Waals surface area contributed by atoms with E-state index in [4.69, 9.17) is 20.3 Å². The number of nitrogen functional groups attached to an aromatic ring is 1. The number of benzene rings is 1. The number of H-pyrrole nitrogens is 1. The average molecular weight is 417 g/mol. The molecule has 30 heavy (non-hydrogen) atoms. The number of aromatic nitrogens is 4. The van der Waals surface area contributed by atoms with Crippen molar-refractivity contribution < 1.29 is 24.5 Å². The highest BCUT2D eigenvalue weighted by Crippen LogP contribution is 2.18. The number of hydrogen-bond donors (Lipinski definition) is 4. The smallest absolute Gasteiger partial charge is 0.335 e. The SMILES string of the molecule is CCCCOc1nc(N)c2[nH]c(=O)n(CC(O)COc3ccc(C(=O)O)cc3)c2n1. The van der Waals surface area contributed by atoms with Crippen molar-refractivity contribution in [1.82, 2.24) is 19.5 Å². The molecule has 0 amide bonds. The summed E-state index contributed by atoms with van der Waals surface area (Å²) in [5, 5.41) is 19.2. The highest BCUT2D eigenvalue weighted by molar-refractivity contribution is 5.87. The van der Waals surface area contributed by atoms with Crippen LogP contribution in [0.25, 0.3) is 11.2 Å². The number of nitrogens with two attached hydrogens (primary N) is 1. The molecule has 1 aromatic carbocycles. The van der Waals surface area contributed by atoms with Crippen molar-refractivity contribution in [2.24, 2.45) is 0 Å². The number of unbranched alkanes of at least 4 members (excludes halogenated alkanes) is 1. The van der Waals surface area contributed by atoms with Gasteiger partial charge >= 0.3 is 17.7 Å². The van der Waals surface area contributed by atoms with E-state index < -0.39 is 17.8 Å². The molecule has 0 saturated heterocycles. The Morgan fingerprint density at radius 3 is 2.67 bits per heavy atom. The Morgan fingerprint density at radius 1 is 1.27 bits per heavy atom. The first kappa shape index (κ1) is 21.1. The zero-order valence-corrected chi connectivity index (χ0v) is 16.4. The minimum atomic E-state index is -1.04. The van der Waals surface area contributed by atoms with Gasteiger partial charge in [0.05, 0.1) is 18.7 Å². The maximum Gasteiger partial charge on any atom is 0.335 e. The second kappa shape index (κ2) is 9.27. The molecule has 0 aliphatic heterocycles. The summed E-state index contributed by atoms with van der Waals surface area (Å²) in [4.78, 5) is 34.0. The zero-order valence-electron chi connectivity index (χ0n) is 16.4. The number of aliphatic hydroxyl groups is 1. The Balaban J connectivity index is 1.71. The first-order valence-electron chi connectivity index (χ1n) is 9.42. The fraction of sp³-hybridized carbons (Fsp3) is 0.368. The average Bonchev–Trinajstić information content (AvgIpc) is 3.03. The van der Waals surface area contributed by atoms with Gasteiger partial charge in [-0.2, -0.15) is 9.97 Å². The molecule has 0 aliphatic carbocycles. The van der Waals surface area contributed by atoms with Crippen LogP contribution < -0.4 is 20.9 Å². The molecule has 3 aromatic rings. The molecular formula is C19H23N5O6. The van der Waals surface area contributed by atoms with Crippen molar-refractivity contribution in [2.45, 2.75) is 32.4 Å². The van der Waals surface area contributed by atoms with Gasteiger partial charge in [-0.25, -0.2) is 9.59 Å². The lowest BCUT2D eigenvalue weighted by atomic mass is 10.2. The van der Waals surface area contributed by atoms with E-state index in [1.54, 1.807) is 0 Å². The van der Waals surface area contributed by atoms with E-state index >= 15 is 0 Å². The molecule has 160 valence electrons. The highest BCUT2D eigenvalue weighted by atomic mass is 16.5. The van der Waals surface area contributed by atoms with E-state index in [0.29, 0.717) is 12.4 Å². The fourth-order valence-electron chi connectivity index (χ4n) is 2.72. The van der Waals surface area contributed by atoms with E-state index in [2.05, 4.69) is 15.0 Å². The van der Waals surface area contributed by atoms with Gasteiger partial charge in [0.25, 0.3) is 0 Å². The van der Waals surface area contributed by atoms with Crippen LogP contribution in [0.15, 0.2) is 29.1 Å². The van der Waals surface area contributed by atoms with Crippen LogP contribution in [0.4, 0.5) is 5.82 Å². The molecule has 0 radical (unpaired) electrons. The molecule has 2 aromatic heterocycles. The lowest BCUT2D eigenvalue weighted by molar-refractivity contribution is 0.0696. The zero-order chi connectivity index (χ0) is 21.7. The number of fused-ring (bicyclic) bond motifs is 1. The largest absolute Gasteiger partial charge is 0.491 e. The Hall–Kier alpha value is -3.60. The number of ether oxygens (including phenoxy) is 2. The number of carboxylic acid groups (broad SMARTS) is 1. The Kier molecular flexibility index (Phi) is 6.52. The normalized spacial score (nSPS) is 12.1. The summed E-state index contributed by atoms with van der Waals surface area (Å²) in [6.07, 6.45) is 0.726. The van der Waals surface area contributed by atoms with Crippen LogP contribution in [0.2, 0.25) is 0 Å². The number of aromatic carboxylic acids is 1. The number of carboxylic acids is 1. The second-order valence-electron chi connectivity index (χ2n) is 6.63.